The molecule has 31 heavy (non-hydrogen) atoms. The van der Waals surface area contributed by atoms with E-state index in [9.17, 15) is 4.79 Å². The van der Waals surface area contributed by atoms with Gasteiger partial charge in [-0.3, -0.25) is 5.43 Å². The summed E-state index contributed by atoms with van der Waals surface area (Å²) in [5.41, 5.74) is 4.54. The van der Waals surface area contributed by atoms with Gasteiger partial charge in [-0.25, -0.2) is 19.8 Å². The molecule has 0 atom stereocenters. The Bertz CT molecular complexity index is 882. The van der Waals surface area contributed by atoms with E-state index in [0.29, 0.717) is 19.0 Å². The van der Waals surface area contributed by atoms with Crippen LogP contribution in [0.2, 0.25) is 0 Å². The maximum Gasteiger partial charge on any atom is 0.333 e. The van der Waals surface area contributed by atoms with Crippen molar-refractivity contribution in [1.82, 2.24) is 25.3 Å². The van der Waals surface area contributed by atoms with Crippen LogP contribution in [-0.2, 0) is 4.74 Å². The van der Waals surface area contributed by atoms with E-state index >= 15 is 0 Å². The van der Waals surface area contributed by atoms with E-state index in [4.69, 9.17) is 9.72 Å². The third-order valence-corrected chi connectivity index (χ3v) is 6.16. The number of amides is 2. The highest BCUT2D eigenvalue weighted by Crippen LogP contribution is 2.29. The van der Waals surface area contributed by atoms with Crippen molar-refractivity contribution in [3.05, 3.63) is 30.5 Å². The molecule has 0 unspecified atom stereocenters. The van der Waals surface area contributed by atoms with Gasteiger partial charge in [0.25, 0.3) is 0 Å². The number of hydrogen-bond donors (Lipinski definition) is 2. The smallest absolute Gasteiger partial charge is 0.333 e. The Balaban J connectivity index is 1.41. The van der Waals surface area contributed by atoms with Crippen LogP contribution < -0.4 is 15.6 Å². The number of benzene rings is 1. The molecule has 0 spiro atoms. The summed E-state index contributed by atoms with van der Waals surface area (Å²) >= 11 is 1.65. The molecule has 2 fully saturated rings. The Labute approximate surface area is 187 Å². The predicted octanol–water partition coefficient (Wildman–Crippen LogP) is 1.99. The lowest BCUT2D eigenvalue weighted by Gasteiger charge is -2.32. The molecule has 2 aromatic rings. The molecule has 2 aliphatic heterocycles. The normalized spacial score (nSPS) is 18.1. The number of thioether (sulfide) groups is 1. The molecule has 2 saturated heterocycles. The minimum Gasteiger partial charge on any atom is -0.378 e. The van der Waals surface area contributed by atoms with Crippen LogP contribution in [0.15, 0.2) is 35.4 Å². The quantitative estimate of drug-likeness (QED) is 0.679. The molecule has 0 saturated carbocycles. The lowest BCUT2D eigenvalue weighted by Crippen LogP contribution is -2.53. The van der Waals surface area contributed by atoms with E-state index in [2.05, 4.69) is 32.6 Å². The number of piperazine rings is 1. The number of ether oxygens (including phenoxy) is 1. The number of likely N-dealkylation sites (N-methyl/N-ethyl adjacent to an activating group) is 1. The average molecular weight is 444 g/mol. The number of carbonyl (C=O) groups excluding carboxylic acids is 1. The third kappa shape index (κ3) is 5.65. The van der Waals surface area contributed by atoms with Gasteiger partial charge in [-0.1, -0.05) is 0 Å². The number of nitrogens with one attached hydrogen (secondary N) is 2. The fraction of sp³-hybridized carbons (Fsp3) is 0.476. The topological polar surface area (TPSA) is 85.9 Å². The van der Waals surface area contributed by atoms with Crippen molar-refractivity contribution in [2.45, 2.75) is 4.90 Å². The zero-order valence-electron chi connectivity index (χ0n) is 18.0. The van der Waals surface area contributed by atoms with Gasteiger partial charge in [0.15, 0.2) is 5.82 Å². The second kappa shape index (κ2) is 10.3. The molecule has 2 N–H and O–H groups in total. The van der Waals surface area contributed by atoms with Gasteiger partial charge >= 0.3 is 6.03 Å². The summed E-state index contributed by atoms with van der Waals surface area (Å²) in [5.74, 6) is 1.63. The number of hydrazine groups is 1. The number of rotatable bonds is 5. The van der Waals surface area contributed by atoms with Gasteiger partial charge in [0.1, 0.15) is 5.82 Å². The molecule has 2 amide bonds. The summed E-state index contributed by atoms with van der Waals surface area (Å²) < 4.78 is 5.47. The summed E-state index contributed by atoms with van der Waals surface area (Å²) in [4.78, 5) is 27.2. The van der Waals surface area contributed by atoms with E-state index < -0.39 is 0 Å². The largest absolute Gasteiger partial charge is 0.378 e. The van der Waals surface area contributed by atoms with Crippen LogP contribution in [0.1, 0.15) is 0 Å². The number of hydrogen-bond acceptors (Lipinski definition) is 8. The molecule has 0 aliphatic carbocycles. The number of anilines is 2. The SMILES string of the molecule is CSc1cnc(-c2ccc(NC(=O)NN3CCN(C)CC3)cc2)nc1N1CCOCC1. The molecular formula is C21H29N7O2S. The molecule has 0 radical (unpaired) electrons. The zero-order valence-corrected chi connectivity index (χ0v) is 18.8. The molecular weight excluding hydrogens is 414 g/mol. The number of morpholine rings is 1. The monoisotopic (exact) mass is 443 g/mol. The Morgan fingerprint density at radius 1 is 1.06 bits per heavy atom. The number of urea groups is 1. The number of carbonyl (C=O) groups is 1. The first-order valence-electron chi connectivity index (χ1n) is 10.5. The molecule has 10 heteroatoms. The van der Waals surface area contributed by atoms with Gasteiger partial charge in [-0.2, -0.15) is 0 Å². The summed E-state index contributed by atoms with van der Waals surface area (Å²) in [6.07, 6.45) is 3.92. The maximum absolute atomic E-state index is 12.3. The van der Waals surface area contributed by atoms with E-state index in [0.717, 1.165) is 61.2 Å². The molecule has 166 valence electrons. The number of nitrogens with zero attached hydrogens (tertiary/aromatic N) is 5. The lowest BCUT2D eigenvalue weighted by molar-refractivity contribution is 0.116. The Hall–Kier alpha value is -2.40. The fourth-order valence-corrected chi connectivity index (χ4v) is 4.09. The van der Waals surface area contributed by atoms with Crippen molar-refractivity contribution in [2.24, 2.45) is 0 Å². The summed E-state index contributed by atoms with van der Waals surface area (Å²) in [5, 5.41) is 4.83. The van der Waals surface area contributed by atoms with Crippen LogP contribution in [0.5, 0.6) is 0 Å². The van der Waals surface area contributed by atoms with Crippen LogP contribution >= 0.6 is 11.8 Å². The molecule has 0 bridgehead atoms. The fourth-order valence-electron chi connectivity index (χ4n) is 3.57. The molecule has 2 aliphatic rings. The van der Waals surface area contributed by atoms with Crippen LogP contribution in [0.4, 0.5) is 16.3 Å². The van der Waals surface area contributed by atoms with Crippen LogP contribution in [0.3, 0.4) is 0 Å². The second-order valence-corrected chi connectivity index (χ2v) is 8.47. The van der Waals surface area contributed by atoms with Crippen molar-refractivity contribution in [1.29, 1.82) is 0 Å². The summed E-state index contributed by atoms with van der Waals surface area (Å²) in [7, 11) is 2.08. The Morgan fingerprint density at radius 3 is 2.45 bits per heavy atom. The van der Waals surface area contributed by atoms with Crippen LogP contribution in [0, 0.1) is 0 Å². The molecule has 1 aromatic heterocycles. The van der Waals surface area contributed by atoms with Crippen molar-refractivity contribution in [3.8, 4) is 11.4 Å². The van der Waals surface area contributed by atoms with Crippen molar-refractivity contribution in [2.75, 3.05) is 76.0 Å². The van der Waals surface area contributed by atoms with E-state index in [1.165, 1.54) is 0 Å². The van der Waals surface area contributed by atoms with E-state index in [1.807, 2.05) is 41.7 Å². The maximum atomic E-state index is 12.3. The van der Waals surface area contributed by atoms with Crippen molar-refractivity contribution in [3.63, 3.8) is 0 Å². The Morgan fingerprint density at radius 2 is 1.77 bits per heavy atom. The zero-order chi connectivity index (χ0) is 21.6. The van der Waals surface area contributed by atoms with E-state index in [-0.39, 0.29) is 6.03 Å². The molecule has 4 rings (SSSR count). The second-order valence-electron chi connectivity index (χ2n) is 7.62. The van der Waals surface area contributed by atoms with Crippen molar-refractivity contribution < 1.29 is 9.53 Å². The summed E-state index contributed by atoms with van der Waals surface area (Å²) in [6.45, 7) is 6.60. The van der Waals surface area contributed by atoms with Gasteiger partial charge in [0, 0.05) is 56.7 Å². The standard InChI is InChI=1S/C21H29N7O2S/c1-26-7-9-28(10-8-26)25-21(29)23-17-5-3-16(4-6-17)19-22-15-18(31-2)20(24-19)27-11-13-30-14-12-27/h3-6,15H,7-14H2,1-2H3,(H2,23,25,29). The molecule has 3 heterocycles. The average Bonchev–Trinajstić information content (AvgIpc) is 2.81. The molecule has 9 nitrogen and oxygen atoms in total. The summed E-state index contributed by atoms with van der Waals surface area (Å²) in [6, 6.07) is 7.39. The highest BCUT2D eigenvalue weighted by Gasteiger charge is 2.18. The first kappa shape index (κ1) is 21.8. The first-order chi connectivity index (χ1) is 15.1. The van der Waals surface area contributed by atoms with Gasteiger partial charge in [0.05, 0.1) is 18.1 Å². The number of aromatic nitrogens is 2. The Kier molecular flexibility index (Phi) is 7.23. The van der Waals surface area contributed by atoms with Crippen LogP contribution in [0.25, 0.3) is 11.4 Å². The molecule has 1 aromatic carbocycles. The third-order valence-electron chi connectivity index (χ3n) is 5.43. The lowest BCUT2D eigenvalue weighted by atomic mass is 10.2. The highest BCUT2D eigenvalue weighted by atomic mass is 32.2. The first-order valence-corrected chi connectivity index (χ1v) is 11.7. The highest BCUT2D eigenvalue weighted by molar-refractivity contribution is 7.98. The predicted molar refractivity (Wildman–Crippen MR) is 124 cm³/mol. The minimum absolute atomic E-state index is 0.229. The van der Waals surface area contributed by atoms with Gasteiger partial charge in [-0.15, -0.1) is 11.8 Å². The van der Waals surface area contributed by atoms with Gasteiger partial charge in [0.2, 0.25) is 0 Å². The van der Waals surface area contributed by atoms with E-state index in [1.54, 1.807) is 11.8 Å². The van der Waals surface area contributed by atoms with Gasteiger partial charge < -0.3 is 19.9 Å². The minimum atomic E-state index is -0.229. The van der Waals surface area contributed by atoms with Crippen molar-refractivity contribution >= 4 is 29.3 Å². The van der Waals surface area contributed by atoms with Gasteiger partial charge in [-0.05, 0) is 37.6 Å². The van der Waals surface area contributed by atoms with Crippen LogP contribution in [-0.4, -0.2) is 91.7 Å².